The van der Waals surface area contributed by atoms with E-state index in [0.29, 0.717) is 56.4 Å². The quantitative estimate of drug-likeness (QED) is 0.134. The molecule has 13 aromatic rings. The van der Waals surface area contributed by atoms with Crippen LogP contribution in [0, 0.1) is 22.7 Å². The molecule has 0 amide bonds. The largest absolute Gasteiger partial charge is 0.456 e. The Bertz CT molecular complexity index is 4180. The van der Waals surface area contributed by atoms with Crippen LogP contribution in [-0.4, -0.2) is 0 Å². The molecule has 0 atom stereocenters. The maximum absolute atomic E-state index is 12.0. The lowest BCUT2D eigenvalue weighted by Crippen LogP contribution is -2.37. The summed E-state index contributed by atoms with van der Waals surface area (Å²) in [5, 5.41) is 27.8. The highest BCUT2D eigenvalue weighted by molar-refractivity contribution is 6.08. The minimum atomic E-state index is -1.62. The Morgan fingerprint density at radius 3 is 1.03 bits per heavy atom. The first kappa shape index (κ1) is 44.9. The first-order valence-electron chi connectivity index (χ1n) is 25.3. The second-order valence-corrected chi connectivity index (χ2v) is 18.9. The Kier molecular flexibility index (Phi) is 10.7. The van der Waals surface area contributed by atoms with Crippen molar-refractivity contribution in [2.75, 3.05) is 9.80 Å². The molecule has 14 rings (SSSR count). The second kappa shape index (κ2) is 18.3. The van der Waals surface area contributed by atoms with Gasteiger partial charge >= 0.3 is 5.79 Å². The van der Waals surface area contributed by atoms with E-state index in [-0.39, 0.29) is 22.6 Å². The molecule has 0 saturated carbocycles. The van der Waals surface area contributed by atoms with Gasteiger partial charge in [0.1, 0.15) is 57.0 Å². The van der Waals surface area contributed by atoms with Gasteiger partial charge in [-0.1, -0.05) is 182 Å². The van der Waals surface area contributed by atoms with Crippen LogP contribution in [0.5, 0.6) is 11.5 Å². The van der Waals surface area contributed by atoms with Crippen molar-refractivity contribution < 1.29 is 18.3 Å². The van der Waals surface area contributed by atoms with Gasteiger partial charge in [0, 0.05) is 56.2 Å². The van der Waals surface area contributed by atoms with Gasteiger partial charge in [0.15, 0.2) is 11.5 Å². The first-order chi connectivity index (χ1) is 38.1. The molecule has 1 aliphatic heterocycles. The van der Waals surface area contributed by atoms with E-state index in [0.717, 1.165) is 55.0 Å². The van der Waals surface area contributed by atoms with Crippen LogP contribution in [0.15, 0.2) is 264 Å². The molecule has 11 aromatic carbocycles. The van der Waals surface area contributed by atoms with Crippen molar-refractivity contribution in [3.8, 4) is 45.9 Å². The molecule has 8 heteroatoms. The maximum atomic E-state index is 12.0. The summed E-state index contributed by atoms with van der Waals surface area (Å²) in [7, 11) is 0. The van der Waals surface area contributed by atoms with Crippen LogP contribution in [0.2, 0.25) is 0 Å². The molecule has 77 heavy (non-hydrogen) atoms. The molecule has 2 aromatic heterocycles. The number of anilines is 6. The number of nitrogens with zero attached hydrogens (tertiary/aromatic N) is 4. The number of para-hydroxylation sites is 2. The number of fused-ring (bicyclic) bond motifs is 7. The Hall–Kier alpha value is -10.8. The van der Waals surface area contributed by atoms with Crippen LogP contribution < -0.4 is 19.3 Å². The van der Waals surface area contributed by atoms with Gasteiger partial charge in [-0.25, -0.2) is 0 Å². The SMILES string of the molecule is N#Cc1c(C#N)c(N(c2ccc(-c3ccccc3)cc2)c2ccc3c(c2)oc2ccccc23)c2c(c1N(c1ccc(-c3ccccc3)cc1)c1ccc3c(c1)oc1ccccc13)OC(c1ccccc1)(c1ccccc1)O2. The zero-order valence-corrected chi connectivity index (χ0v) is 41.2. The van der Waals surface area contributed by atoms with Gasteiger partial charge in [-0.2, -0.15) is 10.5 Å². The van der Waals surface area contributed by atoms with Crippen molar-refractivity contribution in [1.29, 1.82) is 10.5 Å². The average molecular weight is 991 g/mol. The standard InChI is InChI=1S/C69H42N4O4/c70-43-59-60(44-71)66(73(52-35-31-48(32-36-52)46-19-7-2-8-20-46)54-38-40-58-56-26-14-16-28-62(56)75-64(58)42-54)68-67(76-69(77-68,49-21-9-3-10-22-49)50-23-11-4-12-24-50)65(59)72(51-33-29-47(30-34-51)45-17-5-1-6-18-45)53-37-39-57-55-25-13-15-27-61(55)74-63(57)41-53/h1-42H. The van der Waals surface area contributed by atoms with Crippen LogP contribution >= 0.6 is 0 Å². The topological polar surface area (TPSA) is 98.8 Å². The highest BCUT2D eigenvalue weighted by atomic mass is 16.7. The lowest BCUT2D eigenvalue weighted by Gasteiger charge is -2.31. The number of furan rings is 2. The van der Waals surface area contributed by atoms with E-state index in [1.54, 1.807) is 0 Å². The van der Waals surface area contributed by atoms with E-state index in [2.05, 4.69) is 60.7 Å². The van der Waals surface area contributed by atoms with E-state index < -0.39 is 5.79 Å². The van der Waals surface area contributed by atoms with Crippen molar-refractivity contribution in [2.45, 2.75) is 5.79 Å². The summed E-state index contributed by atoms with van der Waals surface area (Å²) in [5.41, 5.74) is 11.7. The first-order valence-corrected chi connectivity index (χ1v) is 25.3. The molecule has 0 spiro atoms. The van der Waals surface area contributed by atoms with Gasteiger partial charge < -0.3 is 28.1 Å². The van der Waals surface area contributed by atoms with Crippen LogP contribution in [0.4, 0.5) is 34.1 Å². The number of ether oxygens (including phenoxy) is 2. The highest BCUT2D eigenvalue weighted by Gasteiger charge is 2.51. The van der Waals surface area contributed by atoms with Crippen molar-refractivity contribution in [1.82, 2.24) is 0 Å². The van der Waals surface area contributed by atoms with E-state index in [4.69, 9.17) is 18.3 Å². The summed E-state index contributed by atoms with van der Waals surface area (Å²) in [6, 6.07) is 89.5. The molecule has 0 fully saturated rings. The van der Waals surface area contributed by atoms with Gasteiger partial charge in [-0.15, -0.1) is 0 Å². The van der Waals surface area contributed by atoms with Gasteiger partial charge in [0.2, 0.25) is 0 Å². The fourth-order valence-electron chi connectivity index (χ4n) is 10.9. The third-order valence-corrected chi connectivity index (χ3v) is 14.5. The molecule has 0 radical (unpaired) electrons. The Morgan fingerprint density at radius 2 is 0.636 bits per heavy atom. The Balaban J connectivity index is 1.08. The van der Waals surface area contributed by atoms with E-state index >= 15 is 0 Å². The lowest BCUT2D eigenvalue weighted by molar-refractivity contribution is -0.0454. The zero-order valence-electron chi connectivity index (χ0n) is 41.2. The van der Waals surface area contributed by atoms with Crippen LogP contribution in [-0.2, 0) is 5.79 Å². The van der Waals surface area contributed by atoms with E-state index in [1.165, 1.54) is 0 Å². The molecular formula is C69H42N4O4. The molecule has 3 heterocycles. The van der Waals surface area contributed by atoms with Crippen LogP contribution in [0.25, 0.3) is 66.1 Å². The van der Waals surface area contributed by atoms with E-state index in [1.807, 2.05) is 216 Å². The van der Waals surface area contributed by atoms with Crippen molar-refractivity contribution >= 4 is 78.0 Å². The predicted molar refractivity (Wildman–Crippen MR) is 306 cm³/mol. The summed E-state index contributed by atoms with van der Waals surface area (Å²) < 4.78 is 28.4. The molecule has 0 unspecified atom stereocenters. The summed E-state index contributed by atoms with van der Waals surface area (Å²) in [5.74, 6) is -1.13. The van der Waals surface area contributed by atoms with Crippen LogP contribution in [0.1, 0.15) is 22.3 Å². The monoisotopic (exact) mass is 990 g/mol. The number of benzene rings is 11. The molecule has 0 saturated heterocycles. The maximum Gasteiger partial charge on any atom is 0.305 e. The third kappa shape index (κ3) is 7.43. The summed E-state index contributed by atoms with van der Waals surface area (Å²) >= 11 is 0. The number of hydrogen-bond acceptors (Lipinski definition) is 8. The number of rotatable bonds is 10. The molecule has 362 valence electrons. The van der Waals surface area contributed by atoms with Crippen molar-refractivity contribution in [3.05, 3.63) is 277 Å². The molecule has 8 nitrogen and oxygen atoms in total. The molecule has 0 N–H and O–H groups in total. The fourth-order valence-corrected chi connectivity index (χ4v) is 10.9. The van der Waals surface area contributed by atoms with Gasteiger partial charge in [0.05, 0.1) is 11.4 Å². The van der Waals surface area contributed by atoms with Crippen molar-refractivity contribution in [2.24, 2.45) is 0 Å². The average Bonchev–Trinajstić information content (AvgIpc) is 4.41. The number of hydrogen-bond donors (Lipinski definition) is 0. The molecular weight excluding hydrogens is 949 g/mol. The summed E-state index contributed by atoms with van der Waals surface area (Å²) in [6.45, 7) is 0. The minimum absolute atomic E-state index is 0.0642. The van der Waals surface area contributed by atoms with E-state index in [9.17, 15) is 10.5 Å². The third-order valence-electron chi connectivity index (χ3n) is 14.5. The molecule has 0 bridgehead atoms. The fraction of sp³-hybridized carbons (Fsp3) is 0.0145. The number of nitriles is 2. The summed E-state index contributed by atoms with van der Waals surface area (Å²) in [6.07, 6.45) is 0. The lowest BCUT2D eigenvalue weighted by atomic mass is 9.97. The van der Waals surface area contributed by atoms with Gasteiger partial charge in [-0.3, -0.25) is 0 Å². The van der Waals surface area contributed by atoms with Crippen molar-refractivity contribution in [3.63, 3.8) is 0 Å². The Morgan fingerprint density at radius 1 is 0.312 bits per heavy atom. The molecule has 1 aliphatic rings. The smallest absolute Gasteiger partial charge is 0.305 e. The minimum Gasteiger partial charge on any atom is -0.456 e. The normalized spacial score (nSPS) is 12.4. The zero-order chi connectivity index (χ0) is 51.5. The molecule has 0 aliphatic carbocycles. The van der Waals surface area contributed by atoms with Crippen LogP contribution in [0.3, 0.4) is 0 Å². The summed E-state index contributed by atoms with van der Waals surface area (Å²) in [4.78, 5) is 3.97. The second-order valence-electron chi connectivity index (χ2n) is 18.9. The predicted octanol–water partition coefficient (Wildman–Crippen LogP) is 18.2. The van der Waals surface area contributed by atoms with Gasteiger partial charge in [-0.05, 0) is 82.9 Å². The van der Waals surface area contributed by atoms with Gasteiger partial charge in [0.25, 0.3) is 0 Å². The highest BCUT2D eigenvalue weighted by Crippen LogP contribution is 2.62. The Labute approximate surface area is 443 Å².